The smallest absolute Gasteiger partial charge is 0.402 e. The van der Waals surface area contributed by atoms with Crippen molar-refractivity contribution >= 4 is 82.8 Å². The fraction of sp³-hybridized carbons (Fsp3) is 0. The van der Waals surface area contributed by atoms with Crippen LogP contribution in [0.2, 0.25) is 0 Å². The molecule has 0 unspecified atom stereocenters. The van der Waals surface area contributed by atoms with Gasteiger partial charge in [-0.25, -0.2) is 0 Å². The van der Waals surface area contributed by atoms with Crippen LogP contribution in [0.4, 0.5) is 0 Å². The molecule has 0 heterocycles. The molecule has 0 rings (SSSR count). The molecule has 0 aliphatic rings. The average Bonchev–Trinajstić information content (AvgIpc) is 0.811. The van der Waals surface area contributed by atoms with Gasteiger partial charge in [0.05, 0.1) is 0 Å². The molecular weight excluding hydrogens is 139 g/mol. The first kappa shape index (κ1) is 15.8. The van der Waals surface area contributed by atoms with Crippen molar-refractivity contribution in [3.05, 3.63) is 0 Å². The molecule has 4 radical (unpaired) electrons. The van der Waals surface area contributed by atoms with Gasteiger partial charge in [0.2, 0.25) is 0 Å². The minimum Gasteiger partial charge on any atom is -0.402 e. The molecule has 0 aromatic carbocycles. The molecule has 0 spiro atoms. The molecule has 0 bridgehead atoms. The molecule has 28 valence electrons. The Labute approximate surface area is 95.9 Å². The van der Waals surface area contributed by atoms with E-state index in [-0.39, 0.29) is 75.5 Å². The normalized spacial score (nSPS) is 4.50. The Morgan fingerprint density at radius 2 is 0.833 bits per heavy atom. The molecule has 0 aliphatic carbocycles. The molecule has 0 saturated heterocycles. The topological polar surface area (TPSA) is 60.7 Å². The van der Waals surface area contributed by atoms with Crippen molar-refractivity contribution in [2.75, 3.05) is 0 Å². The van der Waals surface area contributed by atoms with E-state index in [1.165, 1.54) is 0 Å². The number of hydrogen-bond donors (Lipinski definition) is 3. The summed E-state index contributed by atoms with van der Waals surface area (Å²) in [7, 11) is -2.17. The van der Waals surface area contributed by atoms with Gasteiger partial charge in [-0.2, -0.15) is 0 Å². The minimum absolute atomic E-state index is 0. The van der Waals surface area contributed by atoms with Crippen LogP contribution in [0.1, 0.15) is 0 Å². The van der Waals surface area contributed by atoms with E-state index in [9.17, 15) is 0 Å². The maximum Gasteiger partial charge on any atom is 0.631 e. The third-order valence-electron chi connectivity index (χ3n) is 0. The Morgan fingerprint density at radius 1 is 0.833 bits per heavy atom. The molecular formula is H3BCa2O3. The molecule has 6 heteroatoms. The van der Waals surface area contributed by atoms with E-state index in [1.54, 1.807) is 0 Å². The minimum atomic E-state index is -2.17. The van der Waals surface area contributed by atoms with Crippen LogP contribution in [0.25, 0.3) is 0 Å². The summed E-state index contributed by atoms with van der Waals surface area (Å²) in [6, 6.07) is 0. The first-order valence-electron chi connectivity index (χ1n) is 0.775. The molecule has 3 nitrogen and oxygen atoms in total. The van der Waals surface area contributed by atoms with Gasteiger partial charge in [0.15, 0.2) is 0 Å². The Balaban J connectivity index is -0.0000000450. The summed E-state index contributed by atoms with van der Waals surface area (Å²) in [5, 5.41) is 21.5. The third kappa shape index (κ3) is 31.8. The summed E-state index contributed by atoms with van der Waals surface area (Å²) in [4.78, 5) is 0. The van der Waals surface area contributed by atoms with Crippen molar-refractivity contribution in [1.82, 2.24) is 0 Å². The molecule has 0 saturated carbocycles. The van der Waals surface area contributed by atoms with Crippen LogP contribution in [0.5, 0.6) is 0 Å². The quantitative estimate of drug-likeness (QED) is 0.320. The van der Waals surface area contributed by atoms with Gasteiger partial charge in [-0.15, -0.1) is 0 Å². The van der Waals surface area contributed by atoms with E-state index in [0.29, 0.717) is 0 Å². The third-order valence-corrected chi connectivity index (χ3v) is 0. The van der Waals surface area contributed by atoms with Crippen molar-refractivity contribution in [2.24, 2.45) is 0 Å². The predicted molar refractivity (Wildman–Crippen MR) is 23.9 cm³/mol. The summed E-state index contributed by atoms with van der Waals surface area (Å²) in [6.45, 7) is 0. The van der Waals surface area contributed by atoms with Crippen molar-refractivity contribution in [3.8, 4) is 0 Å². The SMILES string of the molecule is OB(O)O.[Ca].[Ca]. The summed E-state index contributed by atoms with van der Waals surface area (Å²) < 4.78 is 0. The second-order valence-electron chi connectivity index (χ2n) is 0.346. The first-order valence-corrected chi connectivity index (χ1v) is 0.775. The van der Waals surface area contributed by atoms with Gasteiger partial charge >= 0.3 is 7.32 Å². The van der Waals surface area contributed by atoms with Crippen LogP contribution in [-0.4, -0.2) is 97.9 Å². The molecule has 0 amide bonds. The summed E-state index contributed by atoms with van der Waals surface area (Å²) in [5.74, 6) is 0. The van der Waals surface area contributed by atoms with Gasteiger partial charge in [0, 0.05) is 75.5 Å². The van der Waals surface area contributed by atoms with E-state index in [0.717, 1.165) is 0 Å². The largest absolute Gasteiger partial charge is 0.631 e. The second-order valence-corrected chi connectivity index (χ2v) is 0.346. The molecule has 0 aromatic rings. The van der Waals surface area contributed by atoms with Crippen LogP contribution >= 0.6 is 0 Å². The monoisotopic (exact) mass is 142 g/mol. The number of hydrogen-bond acceptors (Lipinski definition) is 3. The molecule has 3 N–H and O–H groups in total. The van der Waals surface area contributed by atoms with Gasteiger partial charge in [0.1, 0.15) is 0 Å². The molecule has 0 aromatic heterocycles. The Kier molecular flexibility index (Phi) is 27.5. The maximum absolute atomic E-state index is 7.17. The van der Waals surface area contributed by atoms with Gasteiger partial charge in [-0.05, 0) is 0 Å². The van der Waals surface area contributed by atoms with Crippen molar-refractivity contribution in [3.63, 3.8) is 0 Å². The fourth-order valence-electron chi connectivity index (χ4n) is 0. The van der Waals surface area contributed by atoms with Gasteiger partial charge in [0.25, 0.3) is 0 Å². The van der Waals surface area contributed by atoms with Crippen LogP contribution < -0.4 is 0 Å². The summed E-state index contributed by atoms with van der Waals surface area (Å²) >= 11 is 0. The zero-order chi connectivity index (χ0) is 3.58. The number of rotatable bonds is 0. The summed E-state index contributed by atoms with van der Waals surface area (Å²) in [5.41, 5.74) is 0. The maximum atomic E-state index is 7.17. The Hall–Kier alpha value is 2.46. The van der Waals surface area contributed by atoms with Crippen molar-refractivity contribution in [1.29, 1.82) is 0 Å². The van der Waals surface area contributed by atoms with Crippen LogP contribution in [0.15, 0.2) is 0 Å². The van der Waals surface area contributed by atoms with E-state index >= 15 is 0 Å². The predicted octanol–water partition coefficient (Wildman–Crippen LogP) is -2.81. The standard InChI is InChI=1S/BH3O3.2Ca/c2-1(3)4;;/h2-4H;;. The van der Waals surface area contributed by atoms with E-state index in [1.807, 2.05) is 0 Å². The molecule has 0 fully saturated rings. The van der Waals surface area contributed by atoms with Crippen LogP contribution in [-0.2, 0) is 0 Å². The van der Waals surface area contributed by atoms with E-state index in [4.69, 9.17) is 15.1 Å². The van der Waals surface area contributed by atoms with Crippen LogP contribution in [0.3, 0.4) is 0 Å². The van der Waals surface area contributed by atoms with Gasteiger partial charge < -0.3 is 15.1 Å². The zero-order valence-electron chi connectivity index (χ0n) is 3.33. The van der Waals surface area contributed by atoms with Crippen molar-refractivity contribution in [2.45, 2.75) is 0 Å². The van der Waals surface area contributed by atoms with Gasteiger partial charge in [-0.3, -0.25) is 0 Å². The Morgan fingerprint density at radius 3 is 0.833 bits per heavy atom. The average molecular weight is 142 g/mol. The van der Waals surface area contributed by atoms with Crippen molar-refractivity contribution < 1.29 is 15.1 Å². The molecule has 0 aliphatic heterocycles. The van der Waals surface area contributed by atoms with Gasteiger partial charge in [-0.1, -0.05) is 0 Å². The fourth-order valence-corrected chi connectivity index (χ4v) is 0. The molecule has 6 heavy (non-hydrogen) atoms. The Bertz CT molecular complexity index is 13.5. The molecule has 0 atom stereocenters. The first-order chi connectivity index (χ1) is 1.73. The van der Waals surface area contributed by atoms with Crippen LogP contribution in [0, 0.1) is 0 Å². The summed E-state index contributed by atoms with van der Waals surface area (Å²) in [6.07, 6.45) is 0. The van der Waals surface area contributed by atoms with E-state index < -0.39 is 7.32 Å². The second kappa shape index (κ2) is 10.4. The van der Waals surface area contributed by atoms with E-state index in [2.05, 4.69) is 0 Å². The zero-order valence-corrected chi connectivity index (χ0v) is 7.75.